The molecular formula is C14H15F3O3. The number of carboxylic acid groups (broad SMARTS) is 1. The lowest BCUT2D eigenvalue weighted by molar-refractivity contribution is -0.145. The minimum Gasteiger partial charge on any atom is -0.508 e. The standard InChI is InChI=1S/C14H15F3O3/c15-14(16,17)9-4-5-10(11(18)8-9)13(12(19)20)6-2-1-3-7-13/h4-5,8,18H,1-3,6-7H2,(H,19,20). The van der Waals surface area contributed by atoms with Gasteiger partial charge in [-0.3, -0.25) is 4.79 Å². The van der Waals surface area contributed by atoms with Crippen molar-refractivity contribution in [2.75, 3.05) is 0 Å². The predicted octanol–water partition coefficient (Wildman–Crippen LogP) is 3.70. The van der Waals surface area contributed by atoms with E-state index in [1.165, 1.54) is 0 Å². The van der Waals surface area contributed by atoms with Crippen molar-refractivity contribution in [3.63, 3.8) is 0 Å². The van der Waals surface area contributed by atoms with Crippen molar-refractivity contribution in [1.29, 1.82) is 0 Å². The van der Waals surface area contributed by atoms with Gasteiger partial charge in [-0.25, -0.2) is 0 Å². The molecule has 6 heteroatoms. The van der Waals surface area contributed by atoms with Crippen molar-refractivity contribution in [1.82, 2.24) is 0 Å². The lowest BCUT2D eigenvalue weighted by Gasteiger charge is -2.34. The zero-order valence-electron chi connectivity index (χ0n) is 10.7. The summed E-state index contributed by atoms with van der Waals surface area (Å²) in [7, 11) is 0. The van der Waals surface area contributed by atoms with Crippen LogP contribution in [0.2, 0.25) is 0 Å². The minimum atomic E-state index is -4.56. The SMILES string of the molecule is O=C(O)C1(c2ccc(C(F)(F)F)cc2O)CCCCC1. The number of carbonyl (C=O) groups is 1. The predicted molar refractivity (Wildman–Crippen MR) is 65.5 cm³/mol. The molecule has 0 heterocycles. The number of phenols is 1. The van der Waals surface area contributed by atoms with E-state index in [4.69, 9.17) is 0 Å². The molecule has 1 aliphatic rings. The van der Waals surface area contributed by atoms with Gasteiger partial charge in [0.2, 0.25) is 0 Å². The molecular weight excluding hydrogens is 273 g/mol. The van der Waals surface area contributed by atoms with Crippen LogP contribution in [0, 0.1) is 0 Å². The number of hydrogen-bond donors (Lipinski definition) is 2. The van der Waals surface area contributed by atoms with Crippen LogP contribution in [0.5, 0.6) is 5.75 Å². The fourth-order valence-corrected chi connectivity index (χ4v) is 2.87. The Morgan fingerprint density at radius 3 is 2.20 bits per heavy atom. The third kappa shape index (κ3) is 2.46. The molecule has 0 unspecified atom stereocenters. The van der Waals surface area contributed by atoms with E-state index in [1.54, 1.807) is 0 Å². The monoisotopic (exact) mass is 288 g/mol. The maximum atomic E-state index is 12.6. The number of aromatic hydroxyl groups is 1. The first kappa shape index (κ1) is 14.7. The van der Waals surface area contributed by atoms with Gasteiger partial charge in [0.05, 0.1) is 11.0 Å². The fraction of sp³-hybridized carbons (Fsp3) is 0.500. The summed E-state index contributed by atoms with van der Waals surface area (Å²) in [6.45, 7) is 0. The molecule has 0 aromatic heterocycles. The Hall–Kier alpha value is -1.72. The van der Waals surface area contributed by atoms with Gasteiger partial charge in [-0.1, -0.05) is 25.3 Å². The van der Waals surface area contributed by atoms with Crippen LogP contribution in [0.4, 0.5) is 13.2 Å². The Bertz CT molecular complexity index is 517. The summed E-state index contributed by atoms with van der Waals surface area (Å²) in [6.07, 6.45) is -1.61. The Labute approximate surface area is 114 Å². The number of phenolic OH excluding ortho intramolecular Hbond substituents is 1. The molecule has 1 saturated carbocycles. The van der Waals surface area contributed by atoms with E-state index in [-0.39, 0.29) is 5.56 Å². The molecule has 1 aromatic rings. The minimum absolute atomic E-state index is 0.0812. The zero-order chi connectivity index (χ0) is 15.0. The van der Waals surface area contributed by atoms with Crippen LogP contribution in [-0.4, -0.2) is 16.2 Å². The summed E-state index contributed by atoms with van der Waals surface area (Å²) in [5, 5.41) is 19.3. The van der Waals surface area contributed by atoms with Crippen molar-refractivity contribution in [2.24, 2.45) is 0 Å². The van der Waals surface area contributed by atoms with Crippen molar-refractivity contribution >= 4 is 5.97 Å². The molecule has 0 spiro atoms. The highest BCUT2D eigenvalue weighted by Gasteiger charge is 2.43. The smallest absolute Gasteiger partial charge is 0.416 e. The lowest BCUT2D eigenvalue weighted by atomic mass is 9.69. The van der Waals surface area contributed by atoms with Crippen molar-refractivity contribution in [3.8, 4) is 5.75 Å². The van der Waals surface area contributed by atoms with Crippen LogP contribution in [0.15, 0.2) is 18.2 Å². The third-order valence-corrected chi connectivity index (χ3v) is 3.96. The fourth-order valence-electron chi connectivity index (χ4n) is 2.87. The Balaban J connectivity index is 2.48. The van der Waals surface area contributed by atoms with Crippen molar-refractivity contribution in [2.45, 2.75) is 43.7 Å². The van der Waals surface area contributed by atoms with Crippen LogP contribution in [0.3, 0.4) is 0 Å². The average molecular weight is 288 g/mol. The highest BCUT2D eigenvalue weighted by atomic mass is 19.4. The van der Waals surface area contributed by atoms with Crippen LogP contribution in [0.1, 0.15) is 43.2 Å². The zero-order valence-corrected chi connectivity index (χ0v) is 10.7. The van der Waals surface area contributed by atoms with Gasteiger partial charge in [0.15, 0.2) is 0 Å². The first-order valence-electron chi connectivity index (χ1n) is 6.41. The molecule has 110 valence electrons. The molecule has 0 aliphatic heterocycles. The number of rotatable bonds is 2. The third-order valence-electron chi connectivity index (χ3n) is 3.96. The van der Waals surface area contributed by atoms with Gasteiger partial charge in [0.25, 0.3) is 0 Å². The quantitative estimate of drug-likeness (QED) is 0.872. The normalized spacial score (nSPS) is 18.8. The topological polar surface area (TPSA) is 57.5 Å². The summed E-state index contributed by atoms with van der Waals surface area (Å²) in [6, 6.07) is 2.53. The molecule has 2 N–H and O–H groups in total. The maximum Gasteiger partial charge on any atom is 0.416 e. The molecule has 0 amide bonds. The first-order valence-corrected chi connectivity index (χ1v) is 6.41. The van der Waals surface area contributed by atoms with Gasteiger partial charge in [0, 0.05) is 5.56 Å². The molecule has 0 atom stereocenters. The lowest BCUT2D eigenvalue weighted by Crippen LogP contribution is -2.37. The van der Waals surface area contributed by atoms with Crippen LogP contribution < -0.4 is 0 Å². The number of benzene rings is 1. The first-order chi connectivity index (χ1) is 9.27. The second-order valence-corrected chi connectivity index (χ2v) is 5.18. The van der Waals surface area contributed by atoms with Gasteiger partial charge in [-0.15, -0.1) is 0 Å². The van der Waals surface area contributed by atoms with E-state index in [2.05, 4.69) is 0 Å². The number of aliphatic carboxylic acids is 1. The second kappa shape index (κ2) is 5.00. The highest BCUT2D eigenvalue weighted by Crippen LogP contribution is 2.44. The van der Waals surface area contributed by atoms with Crippen molar-refractivity contribution < 1.29 is 28.2 Å². The van der Waals surface area contributed by atoms with Gasteiger partial charge in [0.1, 0.15) is 5.75 Å². The average Bonchev–Trinajstić information content (AvgIpc) is 2.38. The Morgan fingerprint density at radius 2 is 1.75 bits per heavy atom. The van der Waals surface area contributed by atoms with Gasteiger partial charge >= 0.3 is 12.1 Å². The molecule has 0 saturated heterocycles. The van der Waals surface area contributed by atoms with E-state index >= 15 is 0 Å². The number of carboxylic acids is 1. The van der Waals surface area contributed by atoms with E-state index in [0.29, 0.717) is 31.7 Å². The maximum absolute atomic E-state index is 12.6. The Morgan fingerprint density at radius 1 is 1.15 bits per heavy atom. The molecule has 1 aromatic carbocycles. The van der Waals surface area contributed by atoms with Crippen LogP contribution in [-0.2, 0) is 16.4 Å². The Kier molecular flexibility index (Phi) is 3.67. The largest absolute Gasteiger partial charge is 0.508 e. The van der Waals surface area contributed by atoms with Crippen LogP contribution in [0.25, 0.3) is 0 Å². The molecule has 0 radical (unpaired) electrons. The van der Waals surface area contributed by atoms with E-state index in [1.807, 2.05) is 0 Å². The number of halogens is 3. The number of alkyl halides is 3. The summed E-state index contributed by atoms with van der Waals surface area (Å²) in [5.74, 6) is -1.68. The van der Waals surface area contributed by atoms with Crippen LogP contribution >= 0.6 is 0 Å². The molecule has 0 bridgehead atoms. The summed E-state index contributed by atoms with van der Waals surface area (Å²) < 4.78 is 37.7. The van der Waals surface area contributed by atoms with Gasteiger partial charge in [-0.2, -0.15) is 13.2 Å². The van der Waals surface area contributed by atoms with E-state index in [0.717, 1.165) is 18.6 Å². The summed E-state index contributed by atoms with van der Waals surface area (Å²) in [4.78, 5) is 11.6. The summed E-state index contributed by atoms with van der Waals surface area (Å²) >= 11 is 0. The molecule has 3 nitrogen and oxygen atoms in total. The molecule has 20 heavy (non-hydrogen) atoms. The second-order valence-electron chi connectivity index (χ2n) is 5.18. The number of hydrogen-bond acceptors (Lipinski definition) is 2. The summed E-state index contributed by atoms with van der Waals surface area (Å²) in [5.41, 5.74) is -2.17. The van der Waals surface area contributed by atoms with Gasteiger partial charge in [-0.05, 0) is 25.0 Å². The van der Waals surface area contributed by atoms with Gasteiger partial charge < -0.3 is 10.2 Å². The molecule has 1 aliphatic carbocycles. The molecule has 2 rings (SSSR count). The van der Waals surface area contributed by atoms with E-state index in [9.17, 15) is 28.2 Å². The van der Waals surface area contributed by atoms with Crippen molar-refractivity contribution in [3.05, 3.63) is 29.3 Å². The highest BCUT2D eigenvalue weighted by molar-refractivity contribution is 5.82. The molecule has 1 fully saturated rings. The van der Waals surface area contributed by atoms with E-state index < -0.39 is 28.9 Å².